The van der Waals surface area contributed by atoms with E-state index in [0.717, 1.165) is 22.5 Å². The summed E-state index contributed by atoms with van der Waals surface area (Å²) in [7, 11) is 0. The lowest BCUT2D eigenvalue weighted by molar-refractivity contribution is 0.259. The van der Waals surface area contributed by atoms with Gasteiger partial charge < -0.3 is 16.4 Å². The van der Waals surface area contributed by atoms with Crippen molar-refractivity contribution in [3.8, 4) is 11.3 Å². The van der Waals surface area contributed by atoms with Gasteiger partial charge in [0.15, 0.2) is 0 Å². The van der Waals surface area contributed by atoms with Gasteiger partial charge in [0.1, 0.15) is 0 Å². The number of aryl methyl sites for hydroxylation is 1. The van der Waals surface area contributed by atoms with E-state index in [2.05, 4.69) is 25.6 Å². The smallest absolute Gasteiger partial charge is 0.316 e. The highest BCUT2D eigenvalue weighted by Crippen LogP contribution is 2.24. The minimum Gasteiger partial charge on any atom is -0.351 e. The van der Waals surface area contributed by atoms with Crippen LogP contribution in [0, 0.1) is 6.92 Å². The highest BCUT2D eigenvalue weighted by molar-refractivity contribution is 5.88. The molecular weight excluding hydrogens is 304 g/mol. The van der Waals surface area contributed by atoms with Crippen LogP contribution in [-0.2, 0) is 0 Å². The number of carbonyl (C=O) groups is 1. The number of nitrogens with zero attached hydrogens (tertiary/aromatic N) is 3. The van der Waals surface area contributed by atoms with E-state index in [1.165, 1.54) is 0 Å². The Kier molecular flexibility index (Phi) is 4.33. The van der Waals surface area contributed by atoms with Crippen molar-refractivity contribution in [3.05, 3.63) is 60.6 Å². The molecule has 0 saturated carbocycles. The second kappa shape index (κ2) is 6.74. The molecule has 0 radical (unpaired) electrons. The summed E-state index contributed by atoms with van der Waals surface area (Å²) in [4.78, 5) is 23.8. The van der Waals surface area contributed by atoms with E-state index in [-0.39, 0.29) is 0 Å². The molecular formula is C17H16N6O. The molecule has 0 aliphatic rings. The third-order valence-corrected chi connectivity index (χ3v) is 3.36. The van der Waals surface area contributed by atoms with Gasteiger partial charge in [-0.15, -0.1) is 0 Å². The number of carbonyl (C=O) groups excluding carboxylic acids is 1. The fraction of sp³-hybridized carbons (Fsp3) is 0.0588. The molecule has 4 N–H and O–H groups in total. The van der Waals surface area contributed by atoms with E-state index in [9.17, 15) is 4.79 Å². The molecule has 3 rings (SSSR count). The van der Waals surface area contributed by atoms with Gasteiger partial charge >= 0.3 is 6.03 Å². The Bertz CT molecular complexity index is 866. The minimum absolute atomic E-state index is 0.454. The molecule has 2 amide bonds. The third kappa shape index (κ3) is 3.64. The number of pyridine rings is 1. The first-order valence-corrected chi connectivity index (χ1v) is 7.29. The lowest BCUT2D eigenvalue weighted by Gasteiger charge is -2.11. The van der Waals surface area contributed by atoms with Gasteiger partial charge in [0, 0.05) is 35.5 Å². The van der Waals surface area contributed by atoms with Gasteiger partial charge in [0.2, 0.25) is 5.95 Å². The van der Waals surface area contributed by atoms with Gasteiger partial charge in [-0.3, -0.25) is 4.98 Å². The summed E-state index contributed by atoms with van der Waals surface area (Å²) >= 11 is 0. The Morgan fingerprint density at radius 1 is 1.17 bits per heavy atom. The molecule has 3 aromatic rings. The monoisotopic (exact) mass is 320 g/mol. The molecule has 24 heavy (non-hydrogen) atoms. The number of primary amides is 1. The van der Waals surface area contributed by atoms with E-state index in [1.54, 1.807) is 30.7 Å². The summed E-state index contributed by atoms with van der Waals surface area (Å²) < 4.78 is 0. The number of nitrogens with two attached hydrogens (primary N) is 1. The van der Waals surface area contributed by atoms with E-state index in [4.69, 9.17) is 5.73 Å². The van der Waals surface area contributed by atoms with Gasteiger partial charge in [0.25, 0.3) is 0 Å². The average molecular weight is 320 g/mol. The molecule has 0 aliphatic carbocycles. The quantitative estimate of drug-likeness (QED) is 0.685. The number of benzene rings is 1. The predicted molar refractivity (Wildman–Crippen MR) is 92.9 cm³/mol. The van der Waals surface area contributed by atoms with E-state index in [1.807, 2.05) is 31.2 Å². The van der Waals surface area contributed by atoms with Crippen LogP contribution in [-0.4, -0.2) is 21.0 Å². The van der Waals surface area contributed by atoms with Crippen LogP contribution in [0.4, 0.5) is 22.1 Å². The van der Waals surface area contributed by atoms with Crippen LogP contribution in [0.15, 0.2) is 55.0 Å². The molecule has 0 fully saturated rings. The third-order valence-electron chi connectivity index (χ3n) is 3.36. The van der Waals surface area contributed by atoms with Crippen molar-refractivity contribution in [1.29, 1.82) is 0 Å². The molecule has 7 nitrogen and oxygen atoms in total. The average Bonchev–Trinajstić information content (AvgIpc) is 2.58. The fourth-order valence-corrected chi connectivity index (χ4v) is 2.19. The van der Waals surface area contributed by atoms with Crippen LogP contribution in [0.25, 0.3) is 11.3 Å². The zero-order valence-corrected chi connectivity index (χ0v) is 13.0. The first-order valence-electron chi connectivity index (χ1n) is 7.29. The van der Waals surface area contributed by atoms with E-state index >= 15 is 0 Å². The standard InChI is InChI=1S/C17H16N6O/c1-11-4-5-13(21-16(18)24)9-15(11)23-17-20-8-6-14(22-17)12-3-2-7-19-10-12/h2-10H,1H3,(H3,18,21,24)(H,20,22,23). The number of hydrogen-bond donors (Lipinski definition) is 3. The van der Waals surface area contributed by atoms with Crippen LogP contribution in [0.1, 0.15) is 5.56 Å². The molecule has 7 heteroatoms. The molecule has 0 bridgehead atoms. The molecule has 0 aliphatic heterocycles. The SMILES string of the molecule is Cc1ccc(NC(N)=O)cc1Nc1nccc(-c2cccnc2)n1. The van der Waals surface area contributed by atoms with Gasteiger partial charge in [-0.25, -0.2) is 14.8 Å². The highest BCUT2D eigenvalue weighted by atomic mass is 16.2. The molecule has 2 heterocycles. The lowest BCUT2D eigenvalue weighted by Crippen LogP contribution is -2.19. The van der Waals surface area contributed by atoms with Crippen molar-refractivity contribution in [3.63, 3.8) is 0 Å². The summed E-state index contributed by atoms with van der Waals surface area (Å²) in [6.07, 6.45) is 5.14. The van der Waals surface area contributed by atoms with E-state index < -0.39 is 6.03 Å². The number of aromatic nitrogens is 3. The normalized spacial score (nSPS) is 10.2. The van der Waals surface area contributed by atoms with Crippen molar-refractivity contribution in [2.24, 2.45) is 5.73 Å². The summed E-state index contributed by atoms with van der Waals surface area (Å²) in [5.74, 6) is 0.454. The van der Waals surface area contributed by atoms with Crippen molar-refractivity contribution >= 4 is 23.4 Å². The number of rotatable bonds is 4. The molecule has 1 aromatic carbocycles. The van der Waals surface area contributed by atoms with Gasteiger partial charge in [-0.1, -0.05) is 6.07 Å². The topological polar surface area (TPSA) is 106 Å². The summed E-state index contributed by atoms with van der Waals surface area (Å²) in [6, 6.07) is 10.4. The molecule has 2 aromatic heterocycles. The molecule has 0 atom stereocenters. The molecule has 0 saturated heterocycles. The zero-order valence-electron chi connectivity index (χ0n) is 13.0. The number of nitrogens with one attached hydrogen (secondary N) is 2. The summed E-state index contributed by atoms with van der Waals surface area (Å²) in [6.45, 7) is 1.95. The highest BCUT2D eigenvalue weighted by Gasteiger charge is 2.06. The number of amides is 2. The van der Waals surface area contributed by atoms with Gasteiger partial charge in [0.05, 0.1) is 5.69 Å². The van der Waals surface area contributed by atoms with Crippen LogP contribution in [0.5, 0.6) is 0 Å². The second-order valence-electron chi connectivity index (χ2n) is 5.15. The molecule has 0 unspecified atom stereocenters. The predicted octanol–water partition coefficient (Wildman–Crippen LogP) is 3.08. The number of urea groups is 1. The van der Waals surface area contributed by atoms with E-state index in [0.29, 0.717) is 11.6 Å². The Morgan fingerprint density at radius 3 is 2.79 bits per heavy atom. The van der Waals surface area contributed by atoms with Crippen molar-refractivity contribution in [2.45, 2.75) is 6.92 Å². The second-order valence-corrected chi connectivity index (χ2v) is 5.15. The Balaban J connectivity index is 1.88. The molecule has 0 spiro atoms. The first-order chi connectivity index (χ1) is 11.6. The number of hydrogen-bond acceptors (Lipinski definition) is 5. The Labute approximate surface area is 139 Å². The Morgan fingerprint density at radius 2 is 2.04 bits per heavy atom. The van der Waals surface area contributed by atoms with Crippen molar-refractivity contribution < 1.29 is 4.79 Å². The largest absolute Gasteiger partial charge is 0.351 e. The van der Waals surface area contributed by atoms with Gasteiger partial charge in [-0.2, -0.15) is 0 Å². The van der Waals surface area contributed by atoms with Crippen LogP contribution in [0.2, 0.25) is 0 Å². The maximum absolute atomic E-state index is 11.0. The van der Waals surface area contributed by atoms with Crippen molar-refractivity contribution in [1.82, 2.24) is 15.0 Å². The maximum atomic E-state index is 11.0. The number of anilines is 3. The van der Waals surface area contributed by atoms with Crippen molar-refractivity contribution in [2.75, 3.05) is 10.6 Å². The summed E-state index contributed by atoms with van der Waals surface area (Å²) in [5.41, 5.74) is 9.19. The fourth-order valence-electron chi connectivity index (χ4n) is 2.19. The summed E-state index contributed by atoms with van der Waals surface area (Å²) in [5, 5.41) is 5.71. The minimum atomic E-state index is -0.611. The van der Waals surface area contributed by atoms with Crippen LogP contribution < -0.4 is 16.4 Å². The lowest BCUT2D eigenvalue weighted by atomic mass is 10.2. The van der Waals surface area contributed by atoms with Crippen LogP contribution in [0.3, 0.4) is 0 Å². The zero-order chi connectivity index (χ0) is 16.9. The maximum Gasteiger partial charge on any atom is 0.316 e. The first kappa shape index (κ1) is 15.4. The Hall–Kier alpha value is -3.48. The van der Waals surface area contributed by atoms with Crippen LogP contribution >= 0.6 is 0 Å². The molecule has 120 valence electrons. The van der Waals surface area contributed by atoms with Gasteiger partial charge in [-0.05, 0) is 42.8 Å².